The molecule has 0 saturated heterocycles. The third kappa shape index (κ3) is 4.82. The van der Waals surface area contributed by atoms with E-state index in [1.807, 2.05) is 40.8 Å². The summed E-state index contributed by atoms with van der Waals surface area (Å²) in [5.41, 5.74) is 4.23. The van der Waals surface area contributed by atoms with Gasteiger partial charge in [0.2, 0.25) is 5.91 Å². The Kier molecular flexibility index (Phi) is 6.83. The van der Waals surface area contributed by atoms with Gasteiger partial charge in [-0.25, -0.2) is 4.98 Å². The van der Waals surface area contributed by atoms with E-state index in [0.29, 0.717) is 18.6 Å². The molecule has 1 amide bonds. The topological polar surface area (TPSA) is 47.4 Å². The Hall–Kier alpha value is -2.82. The largest absolute Gasteiger partial charge is 0.485 e. The van der Waals surface area contributed by atoms with E-state index in [2.05, 4.69) is 39.0 Å². The van der Waals surface area contributed by atoms with Gasteiger partial charge in [-0.05, 0) is 55.0 Å². The molecular weight excluding hydrogens is 398 g/mol. The summed E-state index contributed by atoms with van der Waals surface area (Å²) < 4.78 is 8.32. The highest BCUT2D eigenvalue weighted by atomic mass is 16.5. The number of fused-ring (bicyclic) bond motifs is 1. The fourth-order valence-corrected chi connectivity index (χ4v) is 4.72. The summed E-state index contributed by atoms with van der Waals surface area (Å²) in [5, 5.41) is 0. The highest BCUT2D eigenvalue weighted by molar-refractivity contribution is 5.81. The lowest BCUT2D eigenvalue weighted by molar-refractivity contribution is -0.133. The number of para-hydroxylation sites is 2. The first kappa shape index (κ1) is 22.4. The van der Waals surface area contributed by atoms with E-state index in [9.17, 15) is 4.79 Å². The molecule has 1 aliphatic carbocycles. The summed E-state index contributed by atoms with van der Waals surface area (Å²) >= 11 is 0. The first-order valence-electron chi connectivity index (χ1n) is 11.9. The van der Waals surface area contributed by atoms with Gasteiger partial charge in [0, 0.05) is 13.1 Å². The van der Waals surface area contributed by atoms with E-state index < -0.39 is 0 Å². The summed E-state index contributed by atoms with van der Waals surface area (Å²) in [5.74, 6) is 2.19. The molecule has 2 aromatic carbocycles. The van der Waals surface area contributed by atoms with Gasteiger partial charge in [0.15, 0.2) is 0 Å². The smallest absolute Gasteiger partial charge is 0.242 e. The Balaban J connectivity index is 1.58. The van der Waals surface area contributed by atoms with Gasteiger partial charge in [0.05, 0.1) is 11.0 Å². The number of benzene rings is 2. The molecule has 5 nitrogen and oxygen atoms in total. The molecule has 1 heterocycles. The molecule has 0 atom stereocenters. The molecule has 32 heavy (non-hydrogen) atoms. The van der Waals surface area contributed by atoms with Gasteiger partial charge in [-0.1, -0.05) is 57.4 Å². The van der Waals surface area contributed by atoms with Crippen molar-refractivity contribution in [1.29, 1.82) is 0 Å². The van der Waals surface area contributed by atoms with Crippen molar-refractivity contribution in [1.82, 2.24) is 14.5 Å². The van der Waals surface area contributed by atoms with Gasteiger partial charge in [0.1, 0.15) is 24.7 Å². The van der Waals surface area contributed by atoms with Gasteiger partial charge in [-0.3, -0.25) is 4.79 Å². The van der Waals surface area contributed by atoms with Gasteiger partial charge in [-0.15, -0.1) is 0 Å². The summed E-state index contributed by atoms with van der Waals surface area (Å²) in [6.07, 6.45) is 5.92. The van der Waals surface area contributed by atoms with Crippen molar-refractivity contribution >= 4 is 16.9 Å². The maximum Gasteiger partial charge on any atom is 0.242 e. The lowest BCUT2D eigenvalue weighted by Gasteiger charge is -2.31. The predicted octanol–water partition coefficient (Wildman–Crippen LogP) is 5.84. The molecule has 0 N–H and O–H groups in total. The number of ether oxygens (including phenoxy) is 1. The third-order valence-electron chi connectivity index (χ3n) is 6.69. The molecule has 1 aliphatic rings. The van der Waals surface area contributed by atoms with Crippen LogP contribution in [0.15, 0.2) is 42.5 Å². The SMILES string of the molecule is Cc1ccc(C(C)C)c(OCc2nc3ccccc3n2CC(=O)N(C)C2CCCCC2)c1. The number of aromatic nitrogens is 2. The monoisotopic (exact) mass is 433 g/mol. The van der Waals surface area contributed by atoms with E-state index in [0.717, 1.165) is 35.4 Å². The second-order valence-corrected chi connectivity index (χ2v) is 9.38. The highest BCUT2D eigenvalue weighted by Crippen LogP contribution is 2.29. The molecule has 5 heteroatoms. The molecule has 4 rings (SSSR count). The fraction of sp³-hybridized carbons (Fsp3) is 0.481. The zero-order valence-electron chi connectivity index (χ0n) is 19.8. The van der Waals surface area contributed by atoms with Crippen LogP contribution in [0.1, 0.15) is 68.8 Å². The lowest BCUT2D eigenvalue weighted by atomic mass is 9.94. The number of carbonyl (C=O) groups is 1. The number of amides is 1. The van der Waals surface area contributed by atoms with E-state index in [1.54, 1.807) is 0 Å². The number of carbonyl (C=O) groups excluding carboxylic acids is 1. The normalized spacial score (nSPS) is 14.8. The van der Waals surface area contributed by atoms with Crippen LogP contribution in [0, 0.1) is 6.92 Å². The first-order valence-corrected chi connectivity index (χ1v) is 11.9. The number of hydrogen-bond acceptors (Lipinski definition) is 3. The highest BCUT2D eigenvalue weighted by Gasteiger charge is 2.24. The van der Waals surface area contributed by atoms with Crippen molar-refractivity contribution < 1.29 is 9.53 Å². The lowest BCUT2D eigenvalue weighted by Crippen LogP contribution is -2.40. The summed E-state index contributed by atoms with van der Waals surface area (Å²) in [7, 11) is 1.95. The molecule has 3 aromatic rings. The quantitative estimate of drug-likeness (QED) is 0.470. The van der Waals surface area contributed by atoms with Crippen molar-refractivity contribution in [3.63, 3.8) is 0 Å². The van der Waals surface area contributed by atoms with Crippen LogP contribution in [0.5, 0.6) is 5.75 Å². The zero-order valence-corrected chi connectivity index (χ0v) is 19.8. The number of hydrogen-bond donors (Lipinski definition) is 0. The van der Waals surface area contributed by atoms with Crippen LogP contribution in [0.3, 0.4) is 0 Å². The molecule has 0 radical (unpaired) electrons. The van der Waals surface area contributed by atoms with Crippen LogP contribution >= 0.6 is 0 Å². The summed E-state index contributed by atoms with van der Waals surface area (Å²) in [6.45, 7) is 7.04. The van der Waals surface area contributed by atoms with Gasteiger partial charge >= 0.3 is 0 Å². The van der Waals surface area contributed by atoms with E-state index in [-0.39, 0.29) is 12.5 Å². The van der Waals surface area contributed by atoms with Crippen LogP contribution in [-0.4, -0.2) is 33.4 Å². The van der Waals surface area contributed by atoms with Crippen LogP contribution < -0.4 is 4.74 Å². The molecular formula is C27H35N3O2. The summed E-state index contributed by atoms with van der Waals surface area (Å²) in [4.78, 5) is 20.0. The second kappa shape index (κ2) is 9.76. The van der Waals surface area contributed by atoms with Crippen LogP contribution in [-0.2, 0) is 17.9 Å². The molecule has 0 unspecified atom stereocenters. The molecule has 1 aromatic heterocycles. The Labute approximate surface area is 191 Å². The molecule has 0 bridgehead atoms. The molecule has 170 valence electrons. The van der Waals surface area contributed by atoms with Crippen LogP contribution in [0.25, 0.3) is 11.0 Å². The molecule has 0 aliphatic heterocycles. The average molecular weight is 434 g/mol. The minimum Gasteiger partial charge on any atom is -0.485 e. The minimum atomic E-state index is 0.139. The third-order valence-corrected chi connectivity index (χ3v) is 6.69. The van der Waals surface area contributed by atoms with E-state index >= 15 is 0 Å². The number of nitrogens with zero attached hydrogens (tertiary/aromatic N) is 3. The Morgan fingerprint density at radius 1 is 1.16 bits per heavy atom. The molecule has 1 saturated carbocycles. The average Bonchev–Trinajstić information content (AvgIpc) is 3.14. The number of imidazole rings is 1. The van der Waals surface area contributed by atoms with Crippen molar-refractivity contribution in [2.24, 2.45) is 0 Å². The van der Waals surface area contributed by atoms with Crippen molar-refractivity contribution in [2.45, 2.75) is 78.0 Å². The number of rotatable bonds is 7. The Morgan fingerprint density at radius 3 is 2.66 bits per heavy atom. The minimum absolute atomic E-state index is 0.139. The van der Waals surface area contributed by atoms with Crippen molar-refractivity contribution in [2.75, 3.05) is 7.05 Å². The first-order chi connectivity index (χ1) is 15.4. The van der Waals surface area contributed by atoms with Crippen LogP contribution in [0.2, 0.25) is 0 Å². The number of likely N-dealkylation sites (N-methyl/N-ethyl adjacent to an activating group) is 1. The zero-order chi connectivity index (χ0) is 22.7. The fourth-order valence-electron chi connectivity index (χ4n) is 4.72. The molecule has 1 fully saturated rings. The maximum atomic E-state index is 13.2. The van der Waals surface area contributed by atoms with Gasteiger partial charge < -0.3 is 14.2 Å². The van der Waals surface area contributed by atoms with Crippen molar-refractivity contribution in [3.05, 3.63) is 59.4 Å². The van der Waals surface area contributed by atoms with E-state index in [1.165, 1.54) is 30.4 Å². The van der Waals surface area contributed by atoms with Gasteiger partial charge in [0.25, 0.3) is 0 Å². The van der Waals surface area contributed by atoms with Crippen molar-refractivity contribution in [3.8, 4) is 5.75 Å². The predicted molar refractivity (Wildman–Crippen MR) is 129 cm³/mol. The maximum absolute atomic E-state index is 13.2. The molecule has 0 spiro atoms. The second-order valence-electron chi connectivity index (χ2n) is 9.38. The number of aryl methyl sites for hydroxylation is 1. The standard InChI is InChI=1S/C27H35N3O2/c1-19(2)22-15-14-20(3)16-25(22)32-18-26-28-23-12-8-9-13-24(23)30(26)17-27(31)29(4)21-10-6-5-7-11-21/h8-9,12-16,19,21H,5-7,10-11,17-18H2,1-4H3. The summed E-state index contributed by atoms with van der Waals surface area (Å²) in [6, 6.07) is 14.7. The Bertz CT molecular complexity index is 1080. The van der Waals surface area contributed by atoms with E-state index in [4.69, 9.17) is 9.72 Å². The van der Waals surface area contributed by atoms with Gasteiger partial charge in [-0.2, -0.15) is 0 Å². The van der Waals surface area contributed by atoms with Crippen LogP contribution in [0.4, 0.5) is 0 Å². The Morgan fingerprint density at radius 2 is 1.91 bits per heavy atom.